The first kappa shape index (κ1) is 32.8. The van der Waals surface area contributed by atoms with Crippen molar-refractivity contribution in [1.29, 1.82) is 0 Å². The molecule has 1 unspecified atom stereocenters. The Kier molecular flexibility index (Phi) is 10.9. The van der Waals surface area contributed by atoms with Crippen LogP contribution >= 0.6 is 11.6 Å². The normalized spacial score (nSPS) is 14.9. The molecule has 44 heavy (non-hydrogen) atoms. The molecule has 232 valence electrons. The standard InChI is InChI=1S/C34H36ClF3N4O2/c1-5-9-23(2)20-27(34(36,37)38)15-12-24(3)39-25(4)41-19-18-31-30(21-41)32(43)42(29-10-7-6-8-11-29)33(40-31)44-22-26-13-16-28(35)17-14-26/h6-8,10-17,20,23H,3,5,9,18-19,21-22H2,1-2,4H3/b15-12-,27-20+,39-25?. The molecule has 0 bridgehead atoms. The van der Waals surface area contributed by atoms with Gasteiger partial charge in [0.05, 0.1) is 34.8 Å². The maximum absolute atomic E-state index is 13.9. The number of benzene rings is 2. The van der Waals surface area contributed by atoms with Crippen molar-refractivity contribution in [3.05, 3.63) is 123 Å². The van der Waals surface area contributed by atoms with Crippen molar-refractivity contribution < 1.29 is 17.9 Å². The molecule has 6 nitrogen and oxygen atoms in total. The number of allylic oxidation sites excluding steroid dienone is 4. The first-order chi connectivity index (χ1) is 21.0. The zero-order chi connectivity index (χ0) is 31.9. The van der Waals surface area contributed by atoms with Gasteiger partial charge in [0.15, 0.2) is 0 Å². The number of hydrogen-bond acceptors (Lipinski definition) is 4. The first-order valence-corrected chi connectivity index (χ1v) is 14.9. The predicted molar refractivity (Wildman–Crippen MR) is 169 cm³/mol. The molecule has 1 aromatic heterocycles. The lowest BCUT2D eigenvalue weighted by molar-refractivity contribution is -0.0886. The molecule has 0 N–H and O–H groups in total. The third kappa shape index (κ3) is 8.50. The second-order valence-corrected chi connectivity index (χ2v) is 11.2. The van der Waals surface area contributed by atoms with Gasteiger partial charge in [-0.2, -0.15) is 13.2 Å². The van der Waals surface area contributed by atoms with Crippen molar-refractivity contribution in [2.75, 3.05) is 6.54 Å². The van der Waals surface area contributed by atoms with Crippen LogP contribution in [0.15, 0.2) is 100 Å². The Morgan fingerprint density at radius 3 is 2.52 bits per heavy atom. The highest BCUT2D eigenvalue weighted by Gasteiger charge is 2.32. The van der Waals surface area contributed by atoms with E-state index in [9.17, 15) is 18.0 Å². The van der Waals surface area contributed by atoms with E-state index in [1.54, 1.807) is 38.1 Å². The van der Waals surface area contributed by atoms with E-state index in [1.165, 1.54) is 16.7 Å². The highest BCUT2D eigenvalue weighted by Crippen LogP contribution is 2.29. The summed E-state index contributed by atoms with van der Waals surface area (Å²) in [4.78, 5) is 25.0. The fourth-order valence-corrected chi connectivity index (χ4v) is 5.08. The molecular formula is C34H36ClF3N4O2. The van der Waals surface area contributed by atoms with Crippen LogP contribution < -0.4 is 10.3 Å². The fourth-order valence-electron chi connectivity index (χ4n) is 4.95. The van der Waals surface area contributed by atoms with E-state index in [-0.39, 0.29) is 36.3 Å². The number of aliphatic imine (C=N–C) groups is 1. The number of halogens is 4. The molecule has 0 spiro atoms. The Hall–Kier alpha value is -4.11. The van der Waals surface area contributed by atoms with Crippen molar-refractivity contribution >= 4 is 17.4 Å². The van der Waals surface area contributed by atoms with Gasteiger partial charge in [-0.1, -0.05) is 74.9 Å². The second-order valence-electron chi connectivity index (χ2n) is 10.8. The molecule has 1 atom stereocenters. The van der Waals surface area contributed by atoms with Gasteiger partial charge in [0.25, 0.3) is 5.56 Å². The minimum Gasteiger partial charge on any atom is -0.459 e. The van der Waals surface area contributed by atoms with Crippen LogP contribution in [0.3, 0.4) is 0 Å². The first-order valence-electron chi connectivity index (χ1n) is 14.5. The Labute approximate surface area is 260 Å². The summed E-state index contributed by atoms with van der Waals surface area (Å²) in [7, 11) is 0. The minimum absolute atomic E-state index is 0.178. The average Bonchev–Trinajstić information content (AvgIpc) is 2.99. The molecule has 4 rings (SSSR count). The Balaban J connectivity index is 1.58. The number of rotatable bonds is 10. The molecule has 0 amide bonds. The van der Waals surface area contributed by atoms with E-state index < -0.39 is 11.7 Å². The van der Waals surface area contributed by atoms with Crippen LogP contribution in [0.4, 0.5) is 13.2 Å². The lowest BCUT2D eigenvalue weighted by Gasteiger charge is -2.30. The lowest BCUT2D eigenvalue weighted by Crippen LogP contribution is -2.40. The molecule has 0 saturated heterocycles. The highest BCUT2D eigenvalue weighted by molar-refractivity contribution is 6.30. The van der Waals surface area contributed by atoms with Gasteiger partial charge in [0, 0.05) is 18.0 Å². The van der Waals surface area contributed by atoms with Gasteiger partial charge in [-0.3, -0.25) is 4.79 Å². The fraction of sp³-hybridized carbons (Fsp3) is 0.324. The predicted octanol–water partition coefficient (Wildman–Crippen LogP) is 8.24. The summed E-state index contributed by atoms with van der Waals surface area (Å²) in [5, 5.41) is 0.616. The molecule has 1 aliphatic rings. The van der Waals surface area contributed by atoms with Crippen molar-refractivity contribution in [3.63, 3.8) is 0 Å². The summed E-state index contributed by atoms with van der Waals surface area (Å²) < 4.78 is 48.3. The molecule has 2 heterocycles. The lowest BCUT2D eigenvalue weighted by atomic mass is 10.0. The number of amidine groups is 1. The van der Waals surface area contributed by atoms with E-state index in [1.807, 2.05) is 42.2 Å². The summed E-state index contributed by atoms with van der Waals surface area (Å²) in [6.07, 6.45) is 0.979. The number of aromatic nitrogens is 2. The van der Waals surface area contributed by atoms with E-state index in [2.05, 4.69) is 11.6 Å². The number of hydrogen-bond donors (Lipinski definition) is 0. The second kappa shape index (κ2) is 14.6. The zero-order valence-corrected chi connectivity index (χ0v) is 25.8. The highest BCUT2D eigenvalue weighted by atomic mass is 35.5. The van der Waals surface area contributed by atoms with Gasteiger partial charge < -0.3 is 9.64 Å². The average molecular weight is 625 g/mol. The molecule has 0 fully saturated rings. The Bertz CT molecular complexity index is 1610. The molecule has 10 heteroatoms. The van der Waals surface area contributed by atoms with Crippen LogP contribution in [0, 0.1) is 5.92 Å². The number of nitrogens with zero attached hydrogens (tertiary/aromatic N) is 4. The summed E-state index contributed by atoms with van der Waals surface area (Å²) >= 11 is 6.00. The molecule has 0 saturated carbocycles. The zero-order valence-electron chi connectivity index (χ0n) is 25.1. The third-order valence-electron chi connectivity index (χ3n) is 7.25. The van der Waals surface area contributed by atoms with Crippen LogP contribution in [-0.4, -0.2) is 33.0 Å². The van der Waals surface area contributed by atoms with Crippen LogP contribution in [-0.2, 0) is 19.6 Å². The van der Waals surface area contributed by atoms with Gasteiger partial charge in [-0.25, -0.2) is 14.5 Å². The van der Waals surface area contributed by atoms with Gasteiger partial charge in [0.1, 0.15) is 12.4 Å². The van der Waals surface area contributed by atoms with Crippen molar-refractivity contribution in [1.82, 2.24) is 14.5 Å². The molecule has 0 aliphatic carbocycles. The molecular weight excluding hydrogens is 589 g/mol. The summed E-state index contributed by atoms with van der Waals surface area (Å²) in [6, 6.07) is 16.6. The number of ether oxygens (including phenoxy) is 1. The van der Waals surface area contributed by atoms with E-state index in [4.69, 9.17) is 21.3 Å². The topological polar surface area (TPSA) is 59.7 Å². The van der Waals surface area contributed by atoms with E-state index in [0.29, 0.717) is 47.2 Å². The van der Waals surface area contributed by atoms with Crippen molar-refractivity contribution in [3.8, 4) is 11.7 Å². The monoisotopic (exact) mass is 624 g/mol. The SMILES string of the molecule is C=C(/C=C\C(=C/C(C)CCC)C(F)(F)F)N=C(C)N1CCc2nc(OCc3ccc(Cl)cc3)n(-c3ccccc3)c(=O)c2C1. The number of para-hydroxylation sites is 1. The van der Waals surface area contributed by atoms with Gasteiger partial charge in [-0.05, 0) is 61.2 Å². The van der Waals surface area contributed by atoms with E-state index >= 15 is 0 Å². The quantitative estimate of drug-likeness (QED) is 0.130. The Morgan fingerprint density at radius 1 is 1.16 bits per heavy atom. The van der Waals surface area contributed by atoms with Crippen LogP contribution in [0.25, 0.3) is 5.69 Å². The maximum Gasteiger partial charge on any atom is 0.416 e. The minimum atomic E-state index is -4.48. The van der Waals surface area contributed by atoms with Gasteiger partial charge in [0.2, 0.25) is 0 Å². The summed E-state index contributed by atoms with van der Waals surface area (Å²) in [5.41, 5.74) is 1.82. The van der Waals surface area contributed by atoms with Crippen LogP contribution in [0.1, 0.15) is 50.4 Å². The Morgan fingerprint density at radius 2 is 1.86 bits per heavy atom. The maximum atomic E-state index is 13.9. The van der Waals surface area contributed by atoms with Gasteiger partial charge in [-0.15, -0.1) is 0 Å². The smallest absolute Gasteiger partial charge is 0.416 e. The molecule has 2 aromatic carbocycles. The summed E-state index contributed by atoms with van der Waals surface area (Å²) in [6.45, 7) is 10.2. The molecule has 1 aliphatic heterocycles. The third-order valence-corrected chi connectivity index (χ3v) is 7.50. The number of alkyl halides is 3. The van der Waals surface area contributed by atoms with Crippen LogP contribution in [0.5, 0.6) is 6.01 Å². The van der Waals surface area contributed by atoms with Crippen molar-refractivity contribution in [2.24, 2.45) is 10.9 Å². The number of fused-ring (bicyclic) bond motifs is 1. The molecule has 3 aromatic rings. The largest absolute Gasteiger partial charge is 0.459 e. The summed E-state index contributed by atoms with van der Waals surface area (Å²) in [5.74, 6) is 0.334. The molecule has 0 radical (unpaired) electrons. The van der Waals surface area contributed by atoms with Crippen molar-refractivity contribution in [2.45, 2.75) is 59.4 Å². The van der Waals surface area contributed by atoms with E-state index in [0.717, 1.165) is 18.1 Å². The van der Waals surface area contributed by atoms with Gasteiger partial charge >= 0.3 is 12.2 Å². The van der Waals surface area contributed by atoms with Crippen LogP contribution in [0.2, 0.25) is 5.02 Å².